The van der Waals surface area contributed by atoms with E-state index in [0.717, 1.165) is 36.5 Å². The van der Waals surface area contributed by atoms with E-state index in [9.17, 15) is 9.59 Å². The summed E-state index contributed by atoms with van der Waals surface area (Å²) in [5, 5.41) is 6.29. The van der Waals surface area contributed by atoms with E-state index in [0.29, 0.717) is 13.0 Å². The van der Waals surface area contributed by atoms with Crippen molar-refractivity contribution in [1.82, 2.24) is 15.2 Å². The van der Waals surface area contributed by atoms with Crippen LogP contribution in [0.1, 0.15) is 29.8 Å². The Morgan fingerprint density at radius 2 is 2.25 bits per heavy atom. The zero-order chi connectivity index (χ0) is 13.8. The van der Waals surface area contributed by atoms with Crippen LogP contribution in [0.25, 0.3) is 0 Å². The van der Waals surface area contributed by atoms with E-state index < -0.39 is 0 Å². The summed E-state index contributed by atoms with van der Waals surface area (Å²) in [4.78, 5) is 24.6. The van der Waals surface area contributed by atoms with Gasteiger partial charge in [0.15, 0.2) is 0 Å². The highest BCUT2D eigenvalue weighted by Crippen LogP contribution is 2.09. The number of aromatic nitrogens is 1. The molecule has 114 valence electrons. The van der Waals surface area contributed by atoms with E-state index in [-0.39, 0.29) is 29.2 Å². The van der Waals surface area contributed by atoms with Crippen molar-refractivity contribution in [2.75, 3.05) is 13.1 Å². The summed E-state index contributed by atoms with van der Waals surface area (Å²) < 4.78 is 1.69. The fourth-order valence-electron chi connectivity index (χ4n) is 2.33. The van der Waals surface area contributed by atoms with E-state index in [1.54, 1.807) is 4.57 Å². The lowest BCUT2D eigenvalue weighted by atomic mass is 10.1. The lowest BCUT2D eigenvalue weighted by Gasteiger charge is -2.23. The van der Waals surface area contributed by atoms with E-state index in [1.165, 1.54) is 11.3 Å². The number of aryl methyl sites for hydroxylation is 1. The Balaban J connectivity index is 0.00000200. The number of rotatable bonds is 4. The predicted octanol–water partition coefficient (Wildman–Crippen LogP) is 1.21. The Labute approximate surface area is 129 Å². The summed E-state index contributed by atoms with van der Waals surface area (Å²) in [6.07, 6.45) is 2.51. The molecule has 0 saturated carbocycles. The number of hydrogen-bond donors (Lipinski definition) is 2. The lowest BCUT2D eigenvalue weighted by molar-refractivity contribution is -0.122. The van der Waals surface area contributed by atoms with Gasteiger partial charge < -0.3 is 15.2 Å². The van der Waals surface area contributed by atoms with Crippen LogP contribution in [-0.4, -0.2) is 29.6 Å². The molecule has 1 amide bonds. The second kappa shape index (κ2) is 7.81. The molecule has 1 fully saturated rings. The van der Waals surface area contributed by atoms with Crippen LogP contribution in [-0.2, 0) is 11.3 Å². The van der Waals surface area contributed by atoms with Gasteiger partial charge in [-0.3, -0.25) is 9.59 Å². The predicted molar refractivity (Wildman–Crippen MR) is 84.0 cm³/mol. The van der Waals surface area contributed by atoms with Crippen molar-refractivity contribution in [2.45, 2.75) is 45.7 Å². The van der Waals surface area contributed by atoms with Gasteiger partial charge in [0, 0.05) is 36.1 Å². The topological polar surface area (TPSA) is 63.1 Å². The van der Waals surface area contributed by atoms with Gasteiger partial charge in [-0.1, -0.05) is 11.3 Å². The van der Waals surface area contributed by atoms with Crippen molar-refractivity contribution >= 4 is 29.7 Å². The van der Waals surface area contributed by atoms with Gasteiger partial charge in [0.25, 0.3) is 0 Å². The first-order chi connectivity index (χ1) is 9.08. The SMILES string of the molecule is Cc1sc(=O)n(CCC(=O)NC2CCCNC2)c1C.Cl. The minimum Gasteiger partial charge on any atom is -0.352 e. The first kappa shape index (κ1) is 17.2. The molecule has 1 saturated heterocycles. The largest absolute Gasteiger partial charge is 0.352 e. The standard InChI is InChI=1S/C13H21N3O2S.ClH/c1-9-10(2)19-13(18)16(9)7-5-12(17)15-11-4-3-6-14-8-11;/h11,14H,3-8H2,1-2H3,(H,15,17);1H. The minimum absolute atomic E-state index is 0. The number of piperidine rings is 1. The van der Waals surface area contributed by atoms with Crippen LogP contribution in [0.5, 0.6) is 0 Å². The fourth-order valence-corrected chi connectivity index (χ4v) is 3.19. The number of hydrogen-bond acceptors (Lipinski definition) is 4. The molecule has 0 aromatic carbocycles. The van der Waals surface area contributed by atoms with E-state index in [2.05, 4.69) is 10.6 Å². The van der Waals surface area contributed by atoms with Gasteiger partial charge in [-0.05, 0) is 33.2 Å². The average Bonchev–Trinajstić information content (AvgIpc) is 2.62. The van der Waals surface area contributed by atoms with E-state index in [1.807, 2.05) is 13.8 Å². The molecular weight excluding hydrogens is 298 g/mol. The number of halogens is 1. The highest BCUT2D eigenvalue weighted by Gasteiger charge is 2.15. The minimum atomic E-state index is 0. The van der Waals surface area contributed by atoms with Crippen LogP contribution in [0, 0.1) is 13.8 Å². The van der Waals surface area contributed by atoms with Gasteiger partial charge in [0.05, 0.1) is 0 Å². The van der Waals surface area contributed by atoms with Crippen LogP contribution in [0.4, 0.5) is 0 Å². The van der Waals surface area contributed by atoms with Crippen molar-refractivity contribution < 1.29 is 4.79 Å². The third-order valence-electron chi connectivity index (χ3n) is 3.60. The summed E-state index contributed by atoms with van der Waals surface area (Å²) >= 11 is 1.25. The lowest BCUT2D eigenvalue weighted by Crippen LogP contribution is -2.45. The monoisotopic (exact) mass is 319 g/mol. The fraction of sp³-hybridized carbons (Fsp3) is 0.692. The zero-order valence-electron chi connectivity index (χ0n) is 11.9. The van der Waals surface area contributed by atoms with Crippen molar-refractivity contribution in [3.05, 3.63) is 20.2 Å². The van der Waals surface area contributed by atoms with Crippen LogP contribution in [0.3, 0.4) is 0 Å². The number of amides is 1. The Bertz CT molecular complexity index is 506. The van der Waals surface area contributed by atoms with Crippen molar-refractivity contribution in [3.8, 4) is 0 Å². The van der Waals surface area contributed by atoms with Crippen molar-refractivity contribution in [3.63, 3.8) is 0 Å². The number of nitrogens with one attached hydrogen (secondary N) is 2. The summed E-state index contributed by atoms with van der Waals surface area (Å²) in [5.41, 5.74) is 0.974. The molecule has 0 radical (unpaired) electrons. The molecule has 2 heterocycles. The van der Waals surface area contributed by atoms with Gasteiger partial charge >= 0.3 is 4.87 Å². The van der Waals surface area contributed by atoms with Crippen LogP contribution < -0.4 is 15.5 Å². The highest BCUT2D eigenvalue weighted by molar-refractivity contribution is 7.09. The average molecular weight is 320 g/mol. The molecular formula is C13H22ClN3O2S. The Hall–Kier alpha value is -0.850. The second-order valence-corrected chi connectivity index (χ2v) is 6.19. The molecule has 1 aromatic rings. The third-order valence-corrected chi connectivity index (χ3v) is 4.60. The van der Waals surface area contributed by atoms with Crippen LogP contribution in [0.2, 0.25) is 0 Å². The quantitative estimate of drug-likeness (QED) is 0.877. The molecule has 1 aromatic heterocycles. The number of carbonyl (C=O) groups excluding carboxylic acids is 1. The maximum Gasteiger partial charge on any atom is 0.307 e. The zero-order valence-corrected chi connectivity index (χ0v) is 13.5. The van der Waals surface area contributed by atoms with Gasteiger partial charge in [0.2, 0.25) is 5.91 Å². The molecule has 2 N–H and O–H groups in total. The molecule has 1 unspecified atom stereocenters. The number of thiazole rings is 1. The van der Waals surface area contributed by atoms with Crippen LogP contribution >= 0.6 is 23.7 Å². The highest BCUT2D eigenvalue weighted by atomic mass is 35.5. The summed E-state index contributed by atoms with van der Waals surface area (Å²) in [6, 6.07) is 0.239. The molecule has 2 rings (SSSR count). The summed E-state index contributed by atoms with van der Waals surface area (Å²) in [5.74, 6) is 0.0313. The van der Waals surface area contributed by atoms with E-state index >= 15 is 0 Å². The van der Waals surface area contributed by atoms with E-state index in [4.69, 9.17) is 0 Å². The summed E-state index contributed by atoms with van der Waals surface area (Å²) in [6.45, 7) is 6.22. The maximum absolute atomic E-state index is 11.9. The molecule has 0 spiro atoms. The molecule has 0 aliphatic carbocycles. The molecule has 0 bridgehead atoms. The Kier molecular flexibility index (Phi) is 6.71. The first-order valence-corrected chi connectivity index (χ1v) is 7.56. The molecule has 1 atom stereocenters. The molecule has 1 aliphatic heterocycles. The third kappa shape index (κ3) is 4.33. The first-order valence-electron chi connectivity index (χ1n) is 6.75. The molecule has 7 heteroatoms. The van der Waals surface area contributed by atoms with Gasteiger partial charge in [-0.25, -0.2) is 0 Å². The Morgan fingerprint density at radius 1 is 1.50 bits per heavy atom. The Morgan fingerprint density at radius 3 is 2.80 bits per heavy atom. The second-order valence-electron chi connectivity index (χ2n) is 5.02. The van der Waals surface area contributed by atoms with Gasteiger partial charge in [0.1, 0.15) is 0 Å². The van der Waals surface area contributed by atoms with Gasteiger partial charge in [-0.15, -0.1) is 12.4 Å². The van der Waals surface area contributed by atoms with Gasteiger partial charge in [-0.2, -0.15) is 0 Å². The summed E-state index contributed by atoms with van der Waals surface area (Å²) in [7, 11) is 0. The number of carbonyl (C=O) groups is 1. The van der Waals surface area contributed by atoms with Crippen molar-refractivity contribution in [2.24, 2.45) is 0 Å². The maximum atomic E-state index is 11.9. The number of nitrogens with zero attached hydrogens (tertiary/aromatic N) is 1. The van der Waals surface area contributed by atoms with Crippen molar-refractivity contribution in [1.29, 1.82) is 0 Å². The molecule has 20 heavy (non-hydrogen) atoms. The smallest absolute Gasteiger partial charge is 0.307 e. The molecule has 5 nitrogen and oxygen atoms in total. The normalized spacial score (nSPS) is 18.4. The van der Waals surface area contributed by atoms with Crippen LogP contribution in [0.15, 0.2) is 4.79 Å². The molecule has 1 aliphatic rings.